The van der Waals surface area contributed by atoms with Crippen LogP contribution in [0.5, 0.6) is 0 Å². The number of piperidine rings is 1. The maximum absolute atomic E-state index is 12.7. The molecule has 3 rings (SSSR count). The Morgan fingerprint density at radius 3 is 2.43 bits per heavy atom. The monoisotopic (exact) mass is 420 g/mol. The standard InChI is InChI=1S/C20H23F3N6O/c21-20(22,23)13-26-17-16(12-24)18(28-19(27-17)25-8-11-30)29-9-6-15(7-10-29)14-4-2-1-3-5-14/h1-5,15,30H,6-11,13H2,(H2,25,26,27,28). The first-order chi connectivity index (χ1) is 14.4. The molecule has 0 atom stereocenters. The first-order valence-electron chi connectivity index (χ1n) is 9.68. The molecular weight excluding hydrogens is 397 g/mol. The minimum Gasteiger partial charge on any atom is -0.395 e. The number of nitrogens with zero attached hydrogens (tertiary/aromatic N) is 4. The normalized spacial score (nSPS) is 15.0. The van der Waals surface area contributed by atoms with Crippen LogP contribution in [0.2, 0.25) is 0 Å². The molecule has 0 aliphatic carbocycles. The van der Waals surface area contributed by atoms with Crippen molar-refractivity contribution >= 4 is 17.6 Å². The van der Waals surface area contributed by atoms with E-state index in [9.17, 15) is 18.4 Å². The van der Waals surface area contributed by atoms with Crippen LogP contribution in [-0.4, -0.2) is 54.0 Å². The van der Waals surface area contributed by atoms with E-state index in [1.54, 1.807) is 0 Å². The van der Waals surface area contributed by atoms with Gasteiger partial charge < -0.3 is 20.6 Å². The van der Waals surface area contributed by atoms with E-state index in [1.807, 2.05) is 29.2 Å². The van der Waals surface area contributed by atoms with E-state index in [4.69, 9.17) is 5.11 Å². The zero-order valence-electron chi connectivity index (χ0n) is 16.3. The summed E-state index contributed by atoms with van der Waals surface area (Å²) in [6.07, 6.45) is -2.78. The van der Waals surface area contributed by atoms with Crippen molar-refractivity contribution in [1.29, 1.82) is 5.26 Å². The number of aromatic nitrogens is 2. The molecule has 1 fully saturated rings. The molecule has 30 heavy (non-hydrogen) atoms. The summed E-state index contributed by atoms with van der Waals surface area (Å²) < 4.78 is 38.1. The van der Waals surface area contributed by atoms with Crippen LogP contribution < -0.4 is 15.5 Å². The Labute approximate surface area is 172 Å². The number of nitrogens with one attached hydrogen (secondary N) is 2. The van der Waals surface area contributed by atoms with Crippen LogP contribution in [0.3, 0.4) is 0 Å². The third-order valence-corrected chi connectivity index (χ3v) is 4.92. The van der Waals surface area contributed by atoms with Gasteiger partial charge in [0.2, 0.25) is 5.95 Å². The van der Waals surface area contributed by atoms with Crippen LogP contribution in [0.1, 0.15) is 29.9 Å². The van der Waals surface area contributed by atoms with Gasteiger partial charge >= 0.3 is 6.18 Å². The minimum atomic E-state index is -4.45. The van der Waals surface area contributed by atoms with Crippen molar-refractivity contribution in [2.24, 2.45) is 0 Å². The van der Waals surface area contributed by atoms with E-state index in [0.29, 0.717) is 24.8 Å². The predicted molar refractivity (Wildman–Crippen MR) is 107 cm³/mol. The molecule has 1 saturated heterocycles. The highest BCUT2D eigenvalue weighted by atomic mass is 19.4. The molecule has 0 spiro atoms. The maximum atomic E-state index is 12.7. The Kier molecular flexibility index (Phi) is 6.95. The quantitative estimate of drug-likeness (QED) is 0.633. The second-order valence-electron chi connectivity index (χ2n) is 7.00. The number of nitriles is 1. The summed E-state index contributed by atoms with van der Waals surface area (Å²) in [5, 5.41) is 23.6. The van der Waals surface area contributed by atoms with E-state index in [2.05, 4.69) is 32.7 Å². The second kappa shape index (κ2) is 9.63. The molecule has 0 amide bonds. The van der Waals surface area contributed by atoms with Gasteiger partial charge in [0.1, 0.15) is 18.2 Å². The molecule has 1 aromatic carbocycles. The number of aliphatic hydroxyl groups is 1. The Balaban J connectivity index is 1.84. The summed E-state index contributed by atoms with van der Waals surface area (Å²) in [5.41, 5.74) is 1.23. The first kappa shape index (κ1) is 21.6. The number of benzene rings is 1. The van der Waals surface area contributed by atoms with Crippen molar-refractivity contribution in [2.75, 3.05) is 48.3 Å². The fourth-order valence-electron chi connectivity index (χ4n) is 3.49. The number of hydrogen-bond donors (Lipinski definition) is 3. The second-order valence-corrected chi connectivity index (χ2v) is 7.00. The van der Waals surface area contributed by atoms with Crippen LogP contribution in [0.25, 0.3) is 0 Å². The highest BCUT2D eigenvalue weighted by Crippen LogP contribution is 2.33. The van der Waals surface area contributed by atoms with Crippen LogP contribution in [0.15, 0.2) is 30.3 Å². The number of rotatable bonds is 7. The van der Waals surface area contributed by atoms with Crippen LogP contribution in [0, 0.1) is 11.3 Å². The summed E-state index contributed by atoms with van der Waals surface area (Å²) in [5.74, 6) is 0.562. The predicted octanol–water partition coefficient (Wildman–Crippen LogP) is 3.11. The molecule has 1 aliphatic rings. The lowest BCUT2D eigenvalue weighted by molar-refractivity contribution is -0.115. The number of alkyl halides is 3. The number of anilines is 3. The molecule has 3 N–H and O–H groups in total. The average molecular weight is 420 g/mol. The summed E-state index contributed by atoms with van der Waals surface area (Å²) in [6, 6.07) is 12.1. The highest BCUT2D eigenvalue weighted by Gasteiger charge is 2.29. The van der Waals surface area contributed by atoms with Crippen LogP contribution >= 0.6 is 0 Å². The van der Waals surface area contributed by atoms with E-state index in [1.165, 1.54) is 5.56 Å². The fraction of sp³-hybridized carbons (Fsp3) is 0.450. The van der Waals surface area contributed by atoms with Gasteiger partial charge in [0, 0.05) is 19.6 Å². The third-order valence-electron chi connectivity index (χ3n) is 4.92. The van der Waals surface area contributed by atoms with Crippen LogP contribution in [0.4, 0.5) is 30.8 Å². The average Bonchev–Trinajstić information content (AvgIpc) is 2.76. The first-order valence-corrected chi connectivity index (χ1v) is 9.68. The zero-order valence-corrected chi connectivity index (χ0v) is 16.3. The molecule has 160 valence electrons. The summed E-state index contributed by atoms with van der Waals surface area (Å²) in [7, 11) is 0. The van der Waals surface area contributed by atoms with Crippen molar-refractivity contribution in [3.63, 3.8) is 0 Å². The van der Waals surface area contributed by atoms with Gasteiger partial charge in [-0.2, -0.15) is 28.4 Å². The van der Waals surface area contributed by atoms with Gasteiger partial charge in [-0.15, -0.1) is 0 Å². The zero-order chi connectivity index (χ0) is 21.6. The SMILES string of the molecule is N#Cc1c(NCC(F)(F)F)nc(NCCO)nc1N1CCC(c2ccccc2)CC1. The molecule has 1 aliphatic heterocycles. The summed E-state index contributed by atoms with van der Waals surface area (Å²) >= 11 is 0. The van der Waals surface area contributed by atoms with Gasteiger partial charge in [0.05, 0.1) is 6.61 Å². The number of halogens is 3. The van der Waals surface area contributed by atoms with Gasteiger partial charge in [-0.05, 0) is 24.3 Å². The Bertz CT molecular complexity index is 877. The minimum absolute atomic E-state index is 0.0213. The molecule has 10 heteroatoms. The molecule has 2 aromatic rings. The van der Waals surface area contributed by atoms with Gasteiger partial charge in [-0.3, -0.25) is 0 Å². The van der Waals surface area contributed by atoms with Gasteiger partial charge in [-0.1, -0.05) is 30.3 Å². The largest absolute Gasteiger partial charge is 0.405 e. The molecule has 0 saturated carbocycles. The van der Waals surface area contributed by atoms with E-state index in [0.717, 1.165) is 12.8 Å². The number of aliphatic hydroxyl groups excluding tert-OH is 1. The lowest BCUT2D eigenvalue weighted by Crippen LogP contribution is -2.34. The van der Waals surface area contributed by atoms with Crippen molar-refractivity contribution in [3.8, 4) is 6.07 Å². The smallest absolute Gasteiger partial charge is 0.395 e. The van der Waals surface area contributed by atoms with Crippen LogP contribution in [-0.2, 0) is 0 Å². The molecule has 7 nitrogen and oxygen atoms in total. The Morgan fingerprint density at radius 1 is 1.13 bits per heavy atom. The third kappa shape index (κ3) is 5.51. The van der Waals surface area contributed by atoms with E-state index < -0.39 is 12.7 Å². The lowest BCUT2D eigenvalue weighted by atomic mass is 9.89. The van der Waals surface area contributed by atoms with Gasteiger partial charge in [-0.25, -0.2) is 0 Å². The highest BCUT2D eigenvalue weighted by molar-refractivity contribution is 5.68. The van der Waals surface area contributed by atoms with Gasteiger partial charge in [0.25, 0.3) is 0 Å². The maximum Gasteiger partial charge on any atom is 0.405 e. The number of hydrogen-bond acceptors (Lipinski definition) is 7. The van der Waals surface area contributed by atoms with E-state index in [-0.39, 0.29) is 30.5 Å². The molecule has 1 aromatic heterocycles. The van der Waals surface area contributed by atoms with Crippen molar-refractivity contribution in [1.82, 2.24) is 9.97 Å². The van der Waals surface area contributed by atoms with Crippen molar-refractivity contribution in [3.05, 3.63) is 41.5 Å². The summed E-state index contributed by atoms with van der Waals surface area (Å²) in [4.78, 5) is 10.3. The molecule has 0 unspecified atom stereocenters. The lowest BCUT2D eigenvalue weighted by Gasteiger charge is -2.33. The molecule has 2 heterocycles. The van der Waals surface area contributed by atoms with Crippen molar-refractivity contribution in [2.45, 2.75) is 24.9 Å². The topological polar surface area (TPSA) is 97.1 Å². The molecule has 0 radical (unpaired) electrons. The summed E-state index contributed by atoms with van der Waals surface area (Å²) in [6.45, 7) is -0.132. The molecular formula is C20H23F3N6O. The van der Waals surface area contributed by atoms with Gasteiger partial charge in [0.15, 0.2) is 11.6 Å². The Hall–Kier alpha value is -3.06. The van der Waals surface area contributed by atoms with Crippen molar-refractivity contribution < 1.29 is 18.3 Å². The van der Waals surface area contributed by atoms with E-state index >= 15 is 0 Å². The fourth-order valence-corrected chi connectivity index (χ4v) is 3.49. The molecule has 0 bridgehead atoms. The Morgan fingerprint density at radius 2 is 1.83 bits per heavy atom.